The number of Topliss-reactive ketones (excluding diaryl/α,β-unsaturated/α-hetero) is 1. The quantitative estimate of drug-likeness (QED) is 0.724. The number of para-hydroxylation sites is 1. The maximum absolute atomic E-state index is 13.3. The van der Waals surface area contributed by atoms with Gasteiger partial charge in [-0.2, -0.15) is 0 Å². The molecule has 6 nitrogen and oxygen atoms in total. The van der Waals surface area contributed by atoms with E-state index in [9.17, 15) is 14.7 Å². The normalized spacial score (nSPS) is 21.3. The number of hydrogen-bond acceptors (Lipinski definition) is 5. The third-order valence-corrected chi connectivity index (χ3v) is 6.37. The highest BCUT2D eigenvalue weighted by atomic mass is 16.3. The van der Waals surface area contributed by atoms with E-state index in [2.05, 4.69) is 4.98 Å². The number of aryl methyl sites for hydroxylation is 2. The highest BCUT2D eigenvalue weighted by molar-refractivity contribution is 6.10. The molecular weight excluding hydrogens is 380 g/mol. The minimum absolute atomic E-state index is 0.0176. The van der Waals surface area contributed by atoms with Crippen LogP contribution >= 0.6 is 0 Å². The van der Waals surface area contributed by atoms with Crippen molar-refractivity contribution in [3.8, 4) is 0 Å². The molecule has 3 heterocycles. The van der Waals surface area contributed by atoms with Crippen LogP contribution in [-0.2, 0) is 12.8 Å². The van der Waals surface area contributed by atoms with Gasteiger partial charge in [0.05, 0.1) is 22.7 Å². The van der Waals surface area contributed by atoms with Crippen LogP contribution < -0.4 is 0 Å². The maximum atomic E-state index is 13.3. The molecule has 1 saturated heterocycles. The molecule has 2 unspecified atom stereocenters. The van der Waals surface area contributed by atoms with Crippen molar-refractivity contribution in [2.45, 2.75) is 38.7 Å². The van der Waals surface area contributed by atoms with E-state index in [1.54, 1.807) is 18.0 Å². The lowest BCUT2D eigenvalue weighted by Gasteiger charge is -2.18. The lowest BCUT2D eigenvalue weighted by Crippen LogP contribution is -2.31. The van der Waals surface area contributed by atoms with Crippen LogP contribution in [0.5, 0.6) is 0 Å². The minimum Gasteiger partial charge on any atom is -0.465 e. The molecule has 1 N–H and O–H groups in total. The van der Waals surface area contributed by atoms with E-state index >= 15 is 0 Å². The van der Waals surface area contributed by atoms with Crippen LogP contribution in [0.15, 0.2) is 40.9 Å². The second kappa shape index (κ2) is 7.36. The number of hydrogen-bond donors (Lipinski definition) is 1. The first-order valence-electron chi connectivity index (χ1n) is 10.5. The van der Waals surface area contributed by atoms with Crippen LogP contribution in [0.25, 0.3) is 10.9 Å². The van der Waals surface area contributed by atoms with Crippen LogP contribution in [0.4, 0.5) is 0 Å². The summed E-state index contributed by atoms with van der Waals surface area (Å²) in [6, 6.07) is 9.93. The third-order valence-electron chi connectivity index (χ3n) is 6.37. The second-order valence-corrected chi connectivity index (χ2v) is 8.34. The van der Waals surface area contributed by atoms with Gasteiger partial charge >= 0.3 is 0 Å². The van der Waals surface area contributed by atoms with Gasteiger partial charge in [-0.25, -0.2) is 0 Å². The Kier molecular flexibility index (Phi) is 4.66. The van der Waals surface area contributed by atoms with Crippen LogP contribution in [0.2, 0.25) is 0 Å². The Morgan fingerprint density at radius 2 is 2.07 bits per heavy atom. The first-order valence-corrected chi connectivity index (χ1v) is 10.5. The molecule has 1 aromatic carbocycles. The molecule has 0 radical (unpaired) electrons. The highest BCUT2D eigenvalue weighted by Gasteiger charge is 2.38. The fraction of sp³-hybridized carbons (Fsp3) is 0.375. The average Bonchev–Trinajstić information content (AvgIpc) is 3.28. The van der Waals surface area contributed by atoms with Gasteiger partial charge in [0.2, 0.25) is 0 Å². The van der Waals surface area contributed by atoms with Gasteiger partial charge in [-0.3, -0.25) is 14.6 Å². The average molecular weight is 404 g/mol. The Hall–Kier alpha value is -2.99. The van der Waals surface area contributed by atoms with Gasteiger partial charge in [-0.05, 0) is 37.5 Å². The van der Waals surface area contributed by atoms with Gasteiger partial charge in [0.15, 0.2) is 5.78 Å². The topological polar surface area (TPSA) is 83.6 Å². The number of likely N-dealkylation sites (tertiary alicyclic amines) is 1. The van der Waals surface area contributed by atoms with E-state index < -0.39 is 6.10 Å². The number of aliphatic hydroxyl groups is 1. The molecule has 1 aliphatic carbocycles. The van der Waals surface area contributed by atoms with Gasteiger partial charge in [0.25, 0.3) is 5.91 Å². The van der Waals surface area contributed by atoms with E-state index in [-0.39, 0.29) is 24.2 Å². The summed E-state index contributed by atoms with van der Waals surface area (Å²) in [5, 5.41) is 11.8. The summed E-state index contributed by atoms with van der Waals surface area (Å²) >= 11 is 0. The summed E-state index contributed by atoms with van der Waals surface area (Å²) in [4.78, 5) is 31.8. The molecule has 5 rings (SSSR count). The summed E-state index contributed by atoms with van der Waals surface area (Å²) < 4.78 is 5.75. The molecule has 2 aromatic heterocycles. The number of carbonyl (C=O) groups is 2. The van der Waals surface area contributed by atoms with Crippen molar-refractivity contribution in [1.82, 2.24) is 9.88 Å². The van der Waals surface area contributed by atoms with E-state index in [1.807, 2.05) is 30.3 Å². The first-order chi connectivity index (χ1) is 14.5. The van der Waals surface area contributed by atoms with Crippen LogP contribution in [0.1, 0.15) is 50.6 Å². The molecule has 30 heavy (non-hydrogen) atoms. The van der Waals surface area contributed by atoms with Crippen molar-refractivity contribution in [2.75, 3.05) is 13.1 Å². The zero-order valence-corrected chi connectivity index (χ0v) is 16.9. The number of benzene rings is 1. The summed E-state index contributed by atoms with van der Waals surface area (Å²) in [7, 11) is 0. The predicted molar refractivity (Wildman–Crippen MR) is 112 cm³/mol. The number of ketones is 1. The summed E-state index contributed by atoms with van der Waals surface area (Å²) in [6.45, 7) is 2.45. The maximum Gasteiger partial charge on any atom is 0.258 e. The monoisotopic (exact) mass is 404 g/mol. The largest absolute Gasteiger partial charge is 0.465 e. The lowest BCUT2D eigenvalue weighted by atomic mass is 9.93. The molecule has 154 valence electrons. The highest BCUT2D eigenvalue weighted by Crippen LogP contribution is 2.32. The summed E-state index contributed by atoms with van der Waals surface area (Å²) in [6.07, 6.45) is 3.74. The van der Waals surface area contributed by atoms with Crippen molar-refractivity contribution >= 4 is 22.6 Å². The van der Waals surface area contributed by atoms with Crippen molar-refractivity contribution in [3.05, 3.63) is 64.7 Å². The van der Waals surface area contributed by atoms with Crippen LogP contribution in [0.3, 0.4) is 0 Å². The van der Waals surface area contributed by atoms with Crippen LogP contribution in [-0.4, -0.2) is 45.9 Å². The molecule has 3 aromatic rings. The molecule has 1 aliphatic heterocycles. The van der Waals surface area contributed by atoms with Crippen LogP contribution in [0, 0.1) is 12.8 Å². The minimum atomic E-state index is -0.611. The van der Waals surface area contributed by atoms with E-state index in [0.717, 1.165) is 22.9 Å². The number of aliphatic hydroxyl groups excluding tert-OH is 1. The molecule has 6 heteroatoms. The van der Waals surface area contributed by atoms with Gasteiger partial charge < -0.3 is 14.4 Å². The van der Waals surface area contributed by atoms with Crippen molar-refractivity contribution in [3.63, 3.8) is 0 Å². The summed E-state index contributed by atoms with van der Waals surface area (Å²) in [5.74, 6) is 0.827. The Morgan fingerprint density at radius 1 is 1.23 bits per heavy atom. The van der Waals surface area contributed by atoms with E-state index in [0.29, 0.717) is 48.5 Å². The first kappa shape index (κ1) is 19.0. The molecule has 1 fully saturated rings. The number of nitrogens with zero attached hydrogens (tertiary/aromatic N) is 2. The van der Waals surface area contributed by atoms with Gasteiger partial charge in [-0.1, -0.05) is 18.2 Å². The van der Waals surface area contributed by atoms with Gasteiger partial charge in [0, 0.05) is 43.4 Å². The Morgan fingerprint density at radius 3 is 2.93 bits per heavy atom. The lowest BCUT2D eigenvalue weighted by molar-refractivity contribution is 0.0758. The number of furan rings is 1. The molecule has 2 atom stereocenters. The zero-order chi connectivity index (χ0) is 20.8. The van der Waals surface area contributed by atoms with Crippen molar-refractivity contribution < 1.29 is 19.1 Å². The zero-order valence-electron chi connectivity index (χ0n) is 16.9. The molecule has 0 bridgehead atoms. The van der Waals surface area contributed by atoms with Gasteiger partial charge in [0.1, 0.15) is 11.5 Å². The third kappa shape index (κ3) is 3.12. The summed E-state index contributed by atoms with van der Waals surface area (Å²) in [5.41, 5.74) is 2.89. The standard InChI is InChI=1S/C24H24N2O4/c1-14-22(23-19(27)7-4-8-21(23)30-14)24(29)26-12-16(20(28)13-26)11-15-9-10-25-18-6-3-2-5-17(15)18/h2-3,5-6,9-10,16,20,28H,4,7-8,11-13H2,1H3. The van der Waals surface area contributed by atoms with Crippen molar-refractivity contribution in [2.24, 2.45) is 5.92 Å². The van der Waals surface area contributed by atoms with Crippen molar-refractivity contribution in [1.29, 1.82) is 0 Å². The number of pyridine rings is 1. The number of carbonyl (C=O) groups excluding carboxylic acids is 2. The fourth-order valence-electron chi connectivity index (χ4n) is 4.86. The smallest absolute Gasteiger partial charge is 0.258 e. The Labute approximate surface area is 174 Å². The number of aromatic nitrogens is 1. The van der Waals surface area contributed by atoms with Gasteiger partial charge in [-0.15, -0.1) is 0 Å². The predicted octanol–water partition coefficient (Wildman–Crippen LogP) is 3.33. The molecule has 1 amide bonds. The number of β-amino-alcohol motifs (C(OH)–C–C–N with tert-alkyl or cyclic N) is 1. The Bertz CT molecular complexity index is 1140. The Balaban J connectivity index is 1.39. The molecule has 2 aliphatic rings. The molecule has 0 spiro atoms. The second-order valence-electron chi connectivity index (χ2n) is 8.34. The molecule has 0 saturated carbocycles. The van der Waals surface area contributed by atoms with E-state index in [1.165, 1.54) is 0 Å². The number of rotatable bonds is 3. The van der Waals surface area contributed by atoms with E-state index in [4.69, 9.17) is 4.42 Å². The molecular formula is C24H24N2O4. The fourth-order valence-corrected chi connectivity index (χ4v) is 4.86. The number of amides is 1. The number of fused-ring (bicyclic) bond motifs is 2. The SMILES string of the molecule is Cc1oc2c(c1C(=O)N1CC(O)C(Cc3ccnc4ccccc34)C1)C(=O)CCC2.